The monoisotopic (exact) mass is 672 g/mol. The summed E-state index contributed by atoms with van der Waals surface area (Å²) in [6, 6.07) is 7.40. The van der Waals surface area contributed by atoms with E-state index in [1.807, 2.05) is 11.9 Å². The minimum atomic E-state index is -3.92. The molecule has 1 unspecified atom stereocenters. The average molecular weight is 674 g/mol. The molecule has 3 N–H and O–H groups in total. The number of halogens is 5. The summed E-state index contributed by atoms with van der Waals surface area (Å²) in [4.78, 5) is 44.8. The number of ether oxygens (including phenoxy) is 2. The van der Waals surface area contributed by atoms with Crippen molar-refractivity contribution >= 4 is 64.3 Å². The van der Waals surface area contributed by atoms with E-state index in [1.54, 1.807) is 18.2 Å². The molecule has 0 aliphatic carbocycles. The molecule has 1 fully saturated rings. The van der Waals surface area contributed by atoms with E-state index in [1.165, 1.54) is 23.0 Å². The Balaban J connectivity index is 1.54. The summed E-state index contributed by atoms with van der Waals surface area (Å²) >= 11 is 18.9. The zero-order chi connectivity index (χ0) is 31.2. The quantitative estimate of drug-likeness (QED) is 0.276. The fraction of sp³-hybridized carbons (Fsp3) is 0.321. The summed E-state index contributed by atoms with van der Waals surface area (Å²) in [5.41, 5.74) is 5.85. The number of hydrogen-bond donors (Lipinski definition) is 2. The van der Waals surface area contributed by atoms with Crippen LogP contribution in [-0.4, -0.2) is 41.6 Å². The number of anilines is 1. The fourth-order valence-corrected chi connectivity index (χ4v) is 6.85. The van der Waals surface area contributed by atoms with Crippen molar-refractivity contribution in [1.29, 1.82) is 0 Å². The Labute approximate surface area is 264 Å². The minimum Gasteiger partial charge on any atom is -0.495 e. The summed E-state index contributed by atoms with van der Waals surface area (Å²) in [6.07, 6.45) is 0.114. The van der Waals surface area contributed by atoms with Gasteiger partial charge in [0, 0.05) is 41.9 Å². The van der Waals surface area contributed by atoms with Crippen LogP contribution in [0, 0.1) is 0 Å². The van der Waals surface area contributed by atoms with Gasteiger partial charge in [0.05, 0.1) is 29.4 Å². The molecule has 1 saturated heterocycles. The van der Waals surface area contributed by atoms with E-state index in [9.17, 15) is 23.2 Å². The first-order chi connectivity index (χ1) is 20.3. The molecule has 228 valence electrons. The van der Waals surface area contributed by atoms with Crippen LogP contribution in [0.1, 0.15) is 46.1 Å². The van der Waals surface area contributed by atoms with Crippen LogP contribution in [0.4, 0.5) is 19.3 Å². The van der Waals surface area contributed by atoms with Gasteiger partial charge in [-0.05, 0) is 59.5 Å². The number of pyridine rings is 1. The second-order valence-electron chi connectivity index (χ2n) is 9.98. The van der Waals surface area contributed by atoms with E-state index in [-0.39, 0.29) is 45.5 Å². The maximum Gasteiger partial charge on any atom is 0.414 e. The average Bonchev–Trinajstić information content (AvgIpc) is 3.37. The highest BCUT2D eigenvalue weighted by atomic mass is 35.5. The van der Waals surface area contributed by atoms with Gasteiger partial charge in [0.2, 0.25) is 0 Å². The Kier molecular flexibility index (Phi) is 8.88. The van der Waals surface area contributed by atoms with Crippen molar-refractivity contribution in [3.05, 3.63) is 78.7 Å². The lowest BCUT2D eigenvalue weighted by Gasteiger charge is -2.33. The number of benzene rings is 2. The molecule has 0 saturated carbocycles. The van der Waals surface area contributed by atoms with Gasteiger partial charge in [-0.3, -0.25) is 14.5 Å². The maximum absolute atomic E-state index is 14.1. The highest BCUT2D eigenvalue weighted by Crippen LogP contribution is 2.44. The SMILES string of the molecule is COc1cc2c(cc1N1C(=O)OCCC1C)CN(C(=O)c1c(Sc3c(Cl)ccc(CN)c3Cl)cc(C(F)(F)Cl)[nH]c1=O)C2. The van der Waals surface area contributed by atoms with Gasteiger partial charge in [0.15, 0.2) is 0 Å². The number of carbonyl (C=O) groups excluding carboxylic acids is 2. The number of methoxy groups -OCH3 is 1. The van der Waals surface area contributed by atoms with Crippen LogP contribution < -0.4 is 20.9 Å². The summed E-state index contributed by atoms with van der Waals surface area (Å²) in [5.74, 6) is -0.316. The number of amides is 2. The lowest BCUT2D eigenvalue weighted by Crippen LogP contribution is -2.44. The van der Waals surface area contributed by atoms with Crippen LogP contribution in [0.3, 0.4) is 0 Å². The van der Waals surface area contributed by atoms with Crippen molar-refractivity contribution in [3.63, 3.8) is 0 Å². The van der Waals surface area contributed by atoms with Crippen molar-refractivity contribution in [2.75, 3.05) is 18.6 Å². The minimum absolute atomic E-state index is 0.0706. The smallest absolute Gasteiger partial charge is 0.414 e. The highest BCUT2D eigenvalue weighted by Gasteiger charge is 2.36. The second kappa shape index (κ2) is 12.2. The van der Waals surface area contributed by atoms with Gasteiger partial charge in [-0.25, -0.2) is 4.79 Å². The normalized spacial score (nSPS) is 16.7. The first kappa shape index (κ1) is 31.4. The number of cyclic esters (lactones) is 1. The van der Waals surface area contributed by atoms with Crippen molar-refractivity contribution < 1.29 is 27.8 Å². The van der Waals surface area contributed by atoms with Crippen LogP contribution in [0.5, 0.6) is 5.75 Å². The van der Waals surface area contributed by atoms with E-state index in [0.717, 1.165) is 23.4 Å². The largest absolute Gasteiger partial charge is 0.495 e. The number of H-pyrrole nitrogens is 1. The van der Waals surface area contributed by atoms with Gasteiger partial charge in [0.1, 0.15) is 17.0 Å². The molecule has 2 aromatic carbocycles. The third kappa shape index (κ3) is 6.03. The van der Waals surface area contributed by atoms with Gasteiger partial charge < -0.3 is 25.1 Å². The number of carbonyl (C=O) groups is 2. The molecule has 15 heteroatoms. The van der Waals surface area contributed by atoms with Gasteiger partial charge in [-0.15, -0.1) is 0 Å². The molecule has 5 rings (SSSR count). The molecule has 2 aliphatic rings. The molecule has 43 heavy (non-hydrogen) atoms. The molecule has 9 nitrogen and oxygen atoms in total. The zero-order valence-electron chi connectivity index (χ0n) is 22.8. The lowest BCUT2D eigenvalue weighted by atomic mass is 10.1. The molecular weight excluding hydrogens is 649 g/mol. The Bertz CT molecular complexity index is 1680. The van der Waals surface area contributed by atoms with Gasteiger partial charge in [-0.2, -0.15) is 8.78 Å². The van der Waals surface area contributed by atoms with Crippen LogP contribution in [-0.2, 0) is 29.8 Å². The second-order valence-corrected chi connectivity index (χ2v) is 12.3. The molecule has 2 amide bonds. The molecule has 0 spiro atoms. The number of nitrogens with two attached hydrogens (primary N) is 1. The third-order valence-corrected chi connectivity index (χ3v) is 9.59. The standard InChI is InChI=1S/C28H25Cl3F2N4O5S/c1-13-5-6-42-27(40)37(13)18-7-15-11-36(12-16(15)8-19(18)41-2)26(39)22-20(9-21(28(31,32)33)35-25(22)38)43-24-17(29)4-3-14(10-34)23(24)30/h3-4,7-9,13H,5-6,10-12,34H2,1-2H3,(H,35,38). The third-order valence-electron chi connectivity index (χ3n) is 7.25. The van der Waals surface area contributed by atoms with Crippen molar-refractivity contribution in [2.45, 2.75) is 54.2 Å². The van der Waals surface area contributed by atoms with Crippen molar-refractivity contribution in [2.24, 2.45) is 5.73 Å². The van der Waals surface area contributed by atoms with E-state index >= 15 is 0 Å². The molecular formula is C28H25Cl3F2N4O5S. The van der Waals surface area contributed by atoms with E-state index in [4.69, 9.17) is 50.0 Å². The van der Waals surface area contributed by atoms with Crippen LogP contribution in [0.25, 0.3) is 0 Å². The van der Waals surface area contributed by atoms with Crippen LogP contribution >= 0.6 is 46.6 Å². The van der Waals surface area contributed by atoms with Gasteiger partial charge in [0.25, 0.3) is 11.5 Å². The summed E-state index contributed by atoms with van der Waals surface area (Å²) in [5, 5.41) is -3.59. The number of alkyl halides is 3. The maximum atomic E-state index is 14.1. The number of aromatic amines is 1. The number of aromatic nitrogens is 1. The molecule has 0 radical (unpaired) electrons. The number of rotatable bonds is 7. The van der Waals surface area contributed by atoms with Crippen molar-refractivity contribution in [1.82, 2.24) is 9.88 Å². The number of fused-ring (bicyclic) bond motifs is 1. The van der Waals surface area contributed by atoms with E-state index in [0.29, 0.717) is 35.6 Å². The Hall–Kier alpha value is -3.03. The summed E-state index contributed by atoms with van der Waals surface area (Å²) in [7, 11) is 1.47. The molecule has 3 aromatic rings. The van der Waals surface area contributed by atoms with Gasteiger partial charge >= 0.3 is 11.5 Å². The number of nitrogens with one attached hydrogen (secondary N) is 1. The van der Waals surface area contributed by atoms with E-state index < -0.39 is 34.2 Å². The highest BCUT2D eigenvalue weighted by molar-refractivity contribution is 7.99. The van der Waals surface area contributed by atoms with Crippen molar-refractivity contribution in [3.8, 4) is 5.75 Å². The number of nitrogens with zero attached hydrogens (tertiary/aromatic N) is 2. The van der Waals surface area contributed by atoms with Crippen LogP contribution in [0.2, 0.25) is 10.0 Å². The molecule has 0 bridgehead atoms. The Morgan fingerprint density at radius 1 is 1.21 bits per heavy atom. The molecule has 2 aliphatic heterocycles. The predicted octanol–water partition coefficient (Wildman–Crippen LogP) is 6.48. The Morgan fingerprint density at radius 3 is 2.53 bits per heavy atom. The number of hydrogen-bond acceptors (Lipinski definition) is 7. The topological polar surface area (TPSA) is 118 Å². The lowest BCUT2D eigenvalue weighted by molar-refractivity contribution is 0.0740. The van der Waals surface area contributed by atoms with E-state index in [2.05, 4.69) is 0 Å². The van der Waals surface area contributed by atoms with Crippen LogP contribution in [0.15, 0.2) is 44.9 Å². The first-order valence-corrected chi connectivity index (χ1v) is 14.9. The predicted molar refractivity (Wildman–Crippen MR) is 160 cm³/mol. The zero-order valence-corrected chi connectivity index (χ0v) is 25.9. The summed E-state index contributed by atoms with van der Waals surface area (Å²) < 4.78 is 39.1. The summed E-state index contributed by atoms with van der Waals surface area (Å²) in [6.45, 7) is 2.43. The molecule has 1 atom stereocenters. The first-order valence-electron chi connectivity index (χ1n) is 13.0. The fourth-order valence-electron chi connectivity index (χ4n) is 5.01. The molecule has 3 heterocycles. The van der Waals surface area contributed by atoms with Gasteiger partial charge in [-0.1, -0.05) is 41.0 Å². The Morgan fingerprint density at radius 2 is 1.91 bits per heavy atom. The molecule has 1 aromatic heterocycles.